The summed E-state index contributed by atoms with van der Waals surface area (Å²) >= 11 is 0. The second-order valence-electron chi connectivity index (χ2n) is 7.89. The predicted octanol–water partition coefficient (Wildman–Crippen LogP) is 4.79. The van der Waals surface area contributed by atoms with Crippen LogP contribution in [-0.4, -0.2) is 35.7 Å². The molecule has 0 unspecified atom stereocenters. The number of hydrogen-bond acceptors (Lipinski definition) is 4. The molecule has 1 aromatic heterocycles. The maximum atomic E-state index is 12.3. The maximum absolute atomic E-state index is 12.3. The number of methoxy groups -OCH3 is 1. The lowest BCUT2D eigenvalue weighted by atomic mass is 10.1. The Labute approximate surface area is 194 Å². The number of nitrogens with one attached hydrogen (secondary N) is 1. The van der Waals surface area contributed by atoms with E-state index in [0.29, 0.717) is 25.3 Å². The normalized spacial score (nSPS) is 10.8. The number of para-hydroxylation sites is 4. The number of nitrogens with zero attached hydrogens (tertiary/aromatic N) is 2. The Morgan fingerprint density at radius 3 is 2.48 bits per heavy atom. The van der Waals surface area contributed by atoms with E-state index in [-0.39, 0.29) is 5.91 Å². The van der Waals surface area contributed by atoms with Crippen LogP contribution in [-0.2, 0) is 13.0 Å². The van der Waals surface area contributed by atoms with Crippen LogP contribution in [0.1, 0.15) is 28.2 Å². The number of hydrogen-bond donors (Lipinski definition) is 1. The van der Waals surface area contributed by atoms with Crippen molar-refractivity contribution in [1.29, 1.82) is 0 Å². The number of carbonyl (C=O) groups is 1. The molecule has 33 heavy (non-hydrogen) atoms. The zero-order valence-corrected chi connectivity index (χ0v) is 19.1. The van der Waals surface area contributed by atoms with Gasteiger partial charge >= 0.3 is 0 Å². The van der Waals surface area contributed by atoms with Gasteiger partial charge in [0.15, 0.2) is 11.5 Å². The number of aryl methyl sites for hydroxylation is 2. The Morgan fingerprint density at radius 2 is 1.70 bits per heavy atom. The van der Waals surface area contributed by atoms with Gasteiger partial charge in [-0.2, -0.15) is 0 Å². The number of amides is 1. The van der Waals surface area contributed by atoms with Crippen LogP contribution in [0.15, 0.2) is 72.8 Å². The fourth-order valence-electron chi connectivity index (χ4n) is 3.81. The van der Waals surface area contributed by atoms with E-state index in [1.165, 1.54) is 0 Å². The minimum Gasteiger partial charge on any atom is -0.493 e. The maximum Gasteiger partial charge on any atom is 0.251 e. The number of aromatic nitrogens is 2. The zero-order valence-electron chi connectivity index (χ0n) is 19.1. The van der Waals surface area contributed by atoms with Gasteiger partial charge in [-0.05, 0) is 49.7 Å². The molecule has 1 heterocycles. The molecule has 0 aliphatic rings. The number of rotatable bonds is 10. The lowest BCUT2D eigenvalue weighted by Gasteiger charge is -2.13. The van der Waals surface area contributed by atoms with Crippen molar-refractivity contribution >= 4 is 16.9 Å². The number of ether oxygens (including phenoxy) is 2. The fraction of sp³-hybridized carbons (Fsp3) is 0.259. The van der Waals surface area contributed by atoms with Gasteiger partial charge in [-0.1, -0.05) is 42.0 Å². The van der Waals surface area contributed by atoms with Crippen LogP contribution in [0.25, 0.3) is 11.0 Å². The monoisotopic (exact) mass is 443 g/mol. The van der Waals surface area contributed by atoms with Gasteiger partial charge in [0.05, 0.1) is 24.7 Å². The molecule has 0 fully saturated rings. The molecule has 0 bridgehead atoms. The van der Waals surface area contributed by atoms with Crippen molar-refractivity contribution in [2.45, 2.75) is 26.3 Å². The highest BCUT2D eigenvalue weighted by Crippen LogP contribution is 2.26. The highest BCUT2D eigenvalue weighted by Gasteiger charge is 2.12. The summed E-state index contributed by atoms with van der Waals surface area (Å²) in [7, 11) is 1.64. The second-order valence-corrected chi connectivity index (χ2v) is 7.89. The van der Waals surface area contributed by atoms with Crippen LogP contribution >= 0.6 is 0 Å². The van der Waals surface area contributed by atoms with Gasteiger partial charge in [-0.3, -0.25) is 4.79 Å². The zero-order chi connectivity index (χ0) is 23.0. The van der Waals surface area contributed by atoms with Gasteiger partial charge in [0, 0.05) is 18.5 Å². The summed E-state index contributed by atoms with van der Waals surface area (Å²) in [5.41, 5.74) is 3.87. The van der Waals surface area contributed by atoms with E-state index in [0.717, 1.165) is 46.8 Å². The van der Waals surface area contributed by atoms with Gasteiger partial charge in [0.25, 0.3) is 5.91 Å². The first-order valence-corrected chi connectivity index (χ1v) is 11.2. The van der Waals surface area contributed by atoms with Gasteiger partial charge in [0.2, 0.25) is 0 Å². The Balaban J connectivity index is 1.37. The average Bonchev–Trinajstić information content (AvgIpc) is 3.20. The summed E-state index contributed by atoms with van der Waals surface area (Å²) in [5.74, 6) is 2.39. The van der Waals surface area contributed by atoms with E-state index in [1.54, 1.807) is 7.11 Å². The Morgan fingerprint density at radius 1 is 0.970 bits per heavy atom. The summed E-state index contributed by atoms with van der Waals surface area (Å²) in [4.78, 5) is 17.2. The van der Waals surface area contributed by atoms with E-state index in [9.17, 15) is 4.79 Å². The summed E-state index contributed by atoms with van der Waals surface area (Å²) in [6.45, 7) is 3.77. The van der Waals surface area contributed by atoms with Gasteiger partial charge in [0.1, 0.15) is 12.4 Å². The Bertz CT molecular complexity index is 1220. The molecule has 0 atom stereocenters. The van der Waals surface area contributed by atoms with Gasteiger partial charge in [-0.25, -0.2) is 4.98 Å². The van der Waals surface area contributed by atoms with Crippen LogP contribution in [0.5, 0.6) is 11.5 Å². The fourth-order valence-corrected chi connectivity index (χ4v) is 3.81. The summed E-state index contributed by atoms with van der Waals surface area (Å²) in [5, 5.41) is 3.00. The molecule has 4 aromatic rings. The molecule has 0 saturated heterocycles. The molecule has 0 radical (unpaired) electrons. The van der Waals surface area contributed by atoms with Crippen molar-refractivity contribution in [2.75, 3.05) is 20.3 Å². The quantitative estimate of drug-likeness (QED) is 0.358. The molecule has 0 spiro atoms. The first kappa shape index (κ1) is 22.4. The van der Waals surface area contributed by atoms with E-state index < -0.39 is 0 Å². The Kier molecular flexibility index (Phi) is 7.25. The van der Waals surface area contributed by atoms with E-state index in [2.05, 4.69) is 16.0 Å². The number of fused-ring (bicyclic) bond motifs is 1. The van der Waals surface area contributed by atoms with Crippen molar-refractivity contribution in [3.8, 4) is 11.5 Å². The minimum atomic E-state index is -0.0475. The second kappa shape index (κ2) is 10.7. The third-order valence-electron chi connectivity index (χ3n) is 5.55. The molecule has 0 saturated carbocycles. The smallest absolute Gasteiger partial charge is 0.251 e. The van der Waals surface area contributed by atoms with Crippen molar-refractivity contribution < 1.29 is 14.3 Å². The van der Waals surface area contributed by atoms with Crippen molar-refractivity contribution in [3.05, 3.63) is 89.7 Å². The Hall–Kier alpha value is -3.80. The number of carbonyl (C=O) groups excluding carboxylic acids is 1. The third-order valence-corrected chi connectivity index (χ3v) is 5.55. The lowest BCUT2D eigenvalue weighted by Crippen LogP contribution is -2.25. The first-order valence-electron chi connectivity index (χ1n) is 11.2. The number of benzene rings is 3. The molecular formula is C27H29N3O3. The van der Waals surface area contributed by atoms with E-state index in [4.69, 9.17) is 14.5 Å². The molecule has 6 nitrogen and oxygen atoms in total. The molecule has 4 rings (SSSR count). The van der Waals surface area contributed by atoms with Crippen LogP contribution in [0, 0.1) is 6.92 Å². The molecule has 0 aliphatic heterocycles. The largest absolute Gasteiger partial charge is 0.493 e. The topological polar surface area (TPSA) is 65.4 Å². The van der Waals surface area contributed by atoms with Crippen molar-refractivity contribution in [1.82, 2.24) is 14.9 Å². The van der Waals surface area contributed by atoms with E-state index >= 15 is 0 Å². The highest BCUT2D eigenvalue weighted by atomic mass is 16.5. The molecule has 6 heteroatoms. The third kappa shape index (κ3) is 5.52. The predicted molar refractivity (Wildman–Crippen MR) is 130 cm³/mol. The molecule has 170 valence electrons. The average molecular weight is 444 g/mol. The summed E-state index contributed by atoms with van der Waals surface area (Å²) in [6.07, 6.45) is 1.56. The van der Waals surface area contributed by atoms with Crippen LogP contribution < -0.4 is 14.8 Å². The van der Waals surface area contributed by atoms with E-state index in [1.807, 2.05) is 73.7 Å². The standard InChI is InChI=1S/C27H29N3O3/c1-20-13-15-21(16-14-20)27(31)28-17-7-12-26-29-22-8-3-4-9-23(22)30(26)18-19-33-25-11-6-5-10-24(25)32-2/h3-6,8-11,13-16H,7,12,17-19H2,1-2H3,(H,28,31). The highest BCUT2D eigenvalue weighted by molar-refractivity contribution is 5.94. The SMILES string of the molecule is COc1ccccc1OCCn1c(CCCNC(=O)c2ccc(C)cc2)nc2ccccc21. The van der Waals surface area contributed by atoms with Crippen LogP contribution in [0.2, 0.25) is 0 Å². The van der Waals surface area contributed by atoms with Crippen LogP contribution in [0.3, 0.4) is 0 Å². The van der Waals surface area contributed by atoms with Crippen molar-refractivity contribution in [2.24, 2.45) is 0 Å². The molecular weight excluding hydrogens is 414 g/mol. The number of imidazole rings is 1. The van der Waals surface area contributed by atoms with Gasteiger partial charge in [-0.15, -0.1) is 0 Å². The van der Waals surface area contributed by atoms with Gasteiger partial charge < -0.3 is 19.4 Å². The first-order chi connectivity index (χ1) is 16.2. The molecule has 1 amide bonds. The summed E-state index contributed by atoms with van der Waals surface area (Å²) < 4.78 is 13.6. The molecule has 1 N–H and O–H groups in total. The minimum absolute atomic E-state index is 0.0475. The molecule has 0 aliphatic carbocycles. The summed E-state index contributed by atoms with van der Waals surface area (Å²) in [6, 6.07) is 23.4. The van der Waals surface area contributed by atoms with Crippen molar-refractivity contribution in [3.63, 3.8) is 0 Å². The van der Waals surface area contributed by atoms with Crippen LogP contribution in [0.4, 0.5) is 0 Å². The lowest BCUT2D eigenvalue weighted by molar-refractivity contribution is 0.0953. The molecule has 3 aromatic carbocycles.